The lowest BCUT2D eigenvalue weighted by Crippen LogP contribution is -2.47. The Morgan fingerprint density at radius 1 is 0.909 bits per heavy atom. The summed E-state index contributed by atoms with van der Waals surface area (Å²) in [4.78, 5) is 17.1. The minimum absolute atomic E-state index is 0.0842. The Kier molecular flexibility index (Phi) is 9.32. The first-order chi connectivity index (χ1) is 21.6. The molecule has 1 atom stereocenters. The summed E-state index contributed by atoms with van der Waals surface area (Å²) < 4.78 is 17.7. The van der Waals surface area contributed by atoms with E-state index in [4.69, 9.17) is 14.2 Å². The van der Waals surface area contributed by atoms with Crippen LogP contribution in [0.3, 0.4) is 0 Å². The second-order valence-corrected chi connectivity index (χ2v) is 12.0. The molecule has 2 aliphatic heterocycles. The Morgan fingerprint density at radius 2 is 1.61 bits per heavy atom. The number of esters is 1. The van der Waals surface area contributed by atoms with E-state index >= 15 is 0 Å². The van der Waals surface area contributed by atoms with Crippen LogP contribution in [-0.2, 0) is 34.2 Å². The molecule has 2 heterocycles. The molecule has 0 N–H and O–H groups in total. The third-order valence-corrected chi connectivity index (χ3v) is 9.30. The van der Waals surface area contributed by atoms with Crippen LogP contribution in [0.2, 0.25) is 0 Å². The number of benzene rings is 4. The van der Waals surface area contributed by atoms with Crippen molar-refractivity contribution in [3.8, 4) is 11.5 Å². The monoisotopic (exact) mass is 589 g/mol. The molecule has 5 nitrogen and oxygen atoms in total. The number of hydrogen-bond donors (Lipinski definition) is 0. The number of nitrogens with zero attached hydrogens (tertiary/aromatic N) is 1. The summed E-state index contributed by atoms with van der Waals surface area (Å²) in [5.41, 5.74) is 6.00. The SMILES string of the molecule is CCOc1ccc(CCOC(=O)C(c2ccccc2)(c2ccccc2)C2CCN(CCc3ccc4c(c3)CCO4)C2)cc1C. The second kappa shape index (κ2) is 13.7. The topological polar surface area (TPSA) is 48.0 Å². The van der Waals surface area contributed by atoms with E-state index in [1.54, 1.807) is 0 Å². The average molecular weight is 590 g/mol. The van der Waals surface area contributed by atoms with Crippen molar-refractivity contribution in [3.63, 3.8) is 0 Å². The predicted molar refractivity (Wildman–Crippen MR) is 175 cm³/mol. The Morgan fingerprint density at radius 3 is 2.32 bits per heavy atom. The van der Waals surface area contributed by atoms with Crippen molar-refractivity contribution in [1.82, 2.24) is 4.90 Å². The Bertz CT molecular complexity index is 1510. The maximum atomic E-state index is 14.6. The van der Waals surface area contributed by atoms with Gasteiger partial charge in [-0.1, -0.05) is 84.9 Å². The molecule has 2 aliphatic rings. The molecule has 1 saturated heterocycles. The lowest BCUT2D eigenvalue weighted by Gasteiger charge is -2.38. The van der Waals surface area contributed by atoms with Crippen LogP contribution < -0.4 is 9.47 Å². The quantitative estimate of drug-likeness (QED) is 0.167. The molecule has 44 heavy (non-hydrogen) atoms. The van der Waals surface area contributed by atoms with Gasteiger partial charge < -0.3 is 19.1 Å². The maximum absolute atomic E-state index is 14.6. The number of rotatable bonds is 12. The van der Waals surface area contributed by atoms with Crippen LogP contribution in [0.25, 0.3) is 0 Å². The molecule has 228 valence electrons. The molecule has 0 aromatic heterocycles. The van der Waals surface area contributed by atoms with Crippen LogP contribution in [0.1, 0.15) is 46.7 Å². The fraction of sp³-hybridized carbons (Fsp3) is 0.359. The average Bonchev–Trinajstić information content (AvgIpc) is 3.73. The van der Waals surface area contributed by atoms with Crippen LogP contribution in [0.5, 0.6) is 11.5 Å². The zero-order valence-corrected chi connectivity index (χ0v) is 26.0. The Hall–Kier alpha value is -4.09. The summed E-state index contributed by atoms with van der Waals surface area (Å²) in [6.07, 6.45) is 3.55. The lowest BCUT2D eigenvalue weighted by molar-refractivity contribution is -0.151. The molecule has 5 heteroatoms. The van der Waals surface area contributed by atoms with Crippen molar-refractivity contribution in [2.24, 2.45) is 5.92 Å². The highest BCUT2D eigenvalue weighted by Gasteiger charge is 2.51. The molecule has 4 aromatic rings. The summed E-state index contributed by atoms with van der Waals surface area (Å²) in [6.45, 7) is 8.55. The van der Waals surface area contributed by atoms with E-state index in [2.05, 4.69) is 66.4 Å². The highest BCUT2D eigenvalue weighted by Crippen LogP contribution is 2.45. The maximum Gasteiger partial charge on any atom is 0.321 e. The van der Waals surface area contributed by atoms with E-state index in [1.165, 1.54) is 11.1 Å². The lowest BCUT2D eigenvalue weighted by atomic mass is 9.65. The van der Waals surface area contributed by atoms with Gasteiger partial charge in [0.05, 0.1) is 19.8 Å². The highest BCUT2D eigenvalue weighted by atomic mass is 16.5. The fourth-order valence-electron chi connectivity index (χ4n) is 7.07. The standard InChI is InChI=1S/C39H43NO4/c1-3-42-36-16-14-31(26-29(36)2)20-24-44-38(41)39(33-10-6-4-7-11-33,34-12-8-5-9-13-34)35-19-23-40(28-35)22-18-30-15-17-37-32(27-30)21-25-43-37/h4-17,26-27,35H,3,18-25,28H2,1-2H3. The number of carbonyl (C=O) groups excluding carboxylic acids is 1. The normalized spacial score (nSPS) is 16.4. The summed E-state index contributed by atoms with van der Waals surface area (Å²) in [6, 6.07) is 33.4. The molecule has 0 amide bonds. The third-order valence-electron chi connectivity index (χ3n) is 9.30. The van der Waals surface area contributed by atoms with Gasteiger partial charge in [-0.25, -0.2) is 0 Å². The molecule has 0 bridgehead atoms. The summed E-state index contributed by atoms with van der Waals surface area (Å²) in [5, 5.41) is 0. The molecule has 4 aromatic carbocycles. The first kappa shape index (κ1) is 30.0. The minimum Gasteiger partial charge on any atom is -0.494 e. The van der Waals surface area contributed by atoms with Crippen molar-refractivity contribution in [2.75, 3.05) is 39.5 Å². The second-order valence-electron chi connectivity index (χ2n) is 12.0. The van der Waals surface area contributed by atoms with Crippen LogP contribution in [0.4, 0.5) is 0 Å². The van der Waals surface area contributed by atoms with Crippen molar-refractivity contribution in [2.45, 2.75) is 44.9 Å². The van der Waals surface area contributed by atoms with Gasteiger partial charge in [-0.3, -0.25) is 4.79 Å². The van der Waals surface area contributed by atoms with Gasteiger partial charge in [0.25, 0.3) is 0 Å². The molecular formula is C39H43NO4. The number of aryl methyl sites for hydroxylation is 1. The first-order valence-corrected chi connectivity index (χ1v) is 16.1. The Labute approximate surface area is 261 Å². The first-order valence-electron chi connectivity index (χ1n) is 16.1. The van der Waals surface area contributed by atoms with Crippen LogP contribution in [0.15, 0.2) is 97.1 Å². The van der Waals surface area contributed by atoms with Gasteiger partial charge >= 0.3 is 5.97 Å². The van der Waals surface area contributed by atoms with E-state index in [1.807, 2.05) is 49.4 Å². The van der Waals surface area contributed by atoms with Gasteiger partial charge in [-0.2, -0.15) is 0 Å². The largest absolute Gasteiger partial charge is 0.494 e. The van der Waals surface area contributed by atoms with Gasteiger partial charge in [-0.05, 0) is 84.7 Å². The number of hydrogen-bond acceptors (Lipinski definition) is 5. The van der Waals surface area contributed by atoms with Crippen LogP contribution in [0, 0.1) is 12.8 Å². The van der Waals surface area contributed by atoms with Gasteiger partial charge in [0.1, 0.15) is 16.9 Å². The molecule has 0 radical (unpaired) electrons. The number of likely N-dealkylation sites (tertiary alicyclic amines) is 1. The van der Waals surface area contributed by atoms with Crippen molar-refractivity contribution in [3.05, 3.63) is 130 Å². The number of ether oxygens (including phenoxy) is 3. The van der Waals surface area contributed by atoms with E-state index in [9.17, 15) is 4.79 Å². The molecule has 0 saturated carbocycles. The molecular weight excluding hydrogens is 546 g/mol. The van der Waals surface area contributed by atoms with E-state index in [0.717, 1.165) is 79.3 Å². The molecule has 0 aliphatic carbocycles. The minimum atomic E-state index is -0.892. The van der Waals surface area contributed by atoms with Crippen LogP contribution in [-0.4, -0.2) is 50.3 Å². The predicted octanol–water partition coefficient (Wildman–Crippen LogP) is 6.97. The Balaban J connectivity index is 1.22. The van der Waals surface area contributed by atoms with Gasteiger partial charge in [0, 0.05) is 25.9 Å². The third kappa shape index (κ3) is 6.25. The molecule has 0 spiro atoms. The van der Waals surface area contributed by atoms with Gasteiger partial charge in [0.15, 0.2) is 0 Å². The van der Waals surface area contributed by atoms with Gasteiger partial charge in [0.2, 0.25) is 0 Å². The van der Waals surface area contributed by atoms with Crippen molar-refractivity contribution < 1.29 is 19.0 Å². The van der Waals surface area contributed by atoms with E-state index in [-0.39, 0.29) is 11.9 Å². The smallest absolute Gasteiger partial charge is 0.321 e. The van der Waals surface area contributed by atoms with Gasteiger partial charge in [-0.15, -0.1) is 0 Å². The van der Waals surface area contributed by atoms with Crippen molar-refractivity contribution in [1.29, 1.82) is 0 Å². The zero-order chi connectivity index (χ0) is 30.4. The summed E-state index contributed by atoms with van der Waals surface area (Å²) in [5.74, 6) is 1.85. The molecule has 1 fully saturated rings. The number of carbonyl (C=O) groups is 1. The van der Waals surface area contributed by atoms with Crippen LogP contribution >= 0.6 is 0 Å². The van der Waals surface area contributed by atoms with E-state index < -0.39 is 5.41 Å². The number of fused-ring (bicyclic) bond motifs is 1. The molecule has 6 rings (SSSR count). The fourth-order valence-corrected chi connectivity index (χ4v) is 7.07. The zero-order valence-electron chi connectivity index (χ0n) is 26.0. The van der Waals surface area contributed by atoms with Crippen molar-refractivity contribution >= 4 is 5.97 Å². The highest BCUT2D eigenvalue weighted by molar-refractivity contribution is 5.88. The summed E-state index contributed by atoms with van der Waals surface area (Å²) in [7, 11) is 0. The molecule has 1 unspecified atom stereocenters. The van der Waals surface area contributed by atoms with E-state index in [0.29, 0.717) is 19.6 Å². The summed E-state index contributed by atoms with van der Waals surface area (Å²) >= 11 is 0.